The molecule has 0 aliphatic heterocycles. The summed E-state index contributed by atoms with van der Waals surface area (Å²) in [6.45, 7) is 10.9. The van der Waals surface area contributed by atoms with E-state index in [1.165, 1.54) is 0 Å². The van der Waals surface area contributed by atoms with Crippen molar-refractivity contribution >= 4 is 11.6 Å². The first-order valence-corrected chi connectivity index (χ1v) is 11.4. The lowest BCUT2D eigenvalue weighted by atomic mass is 9.85. The number of hydrogen-bond donors (Lipinski definition) is 0. The molecule has 32 heavy (non-hydrogen) atoms. The summed E-state index contributed by atoms with van der Waals surface area (Å²) in [5.74, 6) is 0.111. The Hall–Kier alpha value is -3.02. The van der Waals surface area contributed by atoms with E-state index in [9.17, 15) is 9.59 Å². The molecule has 0 aliphatic rings. The van der Waals surface area contributed by atoms with Crippen LogP contribution in [0.2, 0.25) is 0 Å². The molecular formula is C26H34O6. The van der Waals surface area contributed by atoms with Crippen molar-refractivity contribution in [3.8, 4) is 23.0 Å². The molecule has 0 bridgehead atoms. The first kappa shape index (κ1) is 25.2. The second kappa shape index (κ2) is 12.7. The monoisotopic (exact) mass is 442 g/mol. The summed E-state index contributed by atoms with van der Waals surface area (Å²) in [6, 6.07) is 10.5. The van der Waals surface area contributed by atoms with E-state index in [1.807, 2.05) is 34.6 Å². The average Bonchev–Trinajstić information content (AvgIpc) is 2.78. The highest BCUT2D eigenvalue weighted by molar-refractivity contribution is 6.19. The maximum atomic E-state index is 13.8. The summed E-state index contributed by atoms with van der Waals surface area (Å²) in [5.41, 5.74) is 0.602. The first-order chi connectivity index (χ1) is 15.5. The van der Waals surface area contributed by atoms with Crippen LogP contribution in [0.5, 0.6) is 23.0 Å². The van der Waals surface area contributed by atoms with Crippen molar-refractivity contribution in [2.45, 2.75) is 47.5 Å². The predicted octanol–water partition coefficient (Wildman–Crippen LogP) is 5.76. The normalized spacial score (nSPS) is 10.7. The van der Waals surface area contributed by atoms with Crippen LogP contribution in [0.4, 0.5) is 0 Å². The second-order valence-corrected chi connectivity index (χ2v) is 7.06. The van der Waals surface area contributed by atoms with Gasteiger partial charge >= 0.3 is 0 Å². The predicted molar refractivity (Wildman–Crippen MR) is 125 cm³/mol. The van der Waals surface area contributed by atoms with Crippen molar-refractivity contribution < 1.29 is 28.5 Å². The Balaban J connectivity index is 2.61. The van der Waals surface area contributed by atoms with Crippen molar-refractivity contribution in [3.63, 3.8) is 0 Å². The van der Waals surface area contributed by atoms with Crippen LogP contribution < -0.4 is 18.9 Å². The molecule has 0 radical (unpaired) electrons. The third kappa shape index (κ3) is 5.81. The molecule has 2 aromatic rings. The molecular weight excluding hydrogens is 408 g/mol. The Morgan fingerprint density at radius 1 is 0.625 bits per heavy atom. The maximum Gasteiger partial charge on any atom is 0.181 e. The van der Waals surface area contributed by atoms with Gasteiger partial charge in [-0.1, -0.05) is 25.5 Å². The second-order valence-electron chi connectivity index (χ2n) is 7.06. The van der Waals surface area contributed by atoms with Gasteiger partial charge in [0, 0.05) is 0 Å². The lowest BCUT2D eigenvalue weighted by Crippen LogP contribution is -2.26. The number of Topliss-reactive ketones (excluding diaryl/α,β-unsaturated/α-hetero) is 2. The quantitative estimate of drug-likeness (QED) is 0.273. The van der Waals surface area contributed by atoms with Crippen LogP contribution in [-0.4, -0.2) is 38.0 Å². The number of benzene rings is 2. The maximum absolute atomic E-state index is 13.8. The number of ether oxygens (including phenoxy) is 4. The Bertz CT molecular complexity index is 785. The molecule has 0 aliphatic carbocycles. The van der Waals surface area contributed by atoms with Crippen LogP contribution in [0.1, 0.15) is 68.2 Å². The number of ketones is 2. The van der Waals surface area contributed by atoms with Crippen molar-refractivity contribution in [1.29, 1.82) is 0 Å². The highest BCUT2D eigenvalue weighted by Crippen LogP contribution is 2.37. The van der Waals surface area contributed by atoms with E-state index in [1.54, 1.807) is 36.4 Å². The summed E-state index contributed by atoms with van der Waals surface area (Å²) in [5, 5.41) is 0. The highest BCUT2D eigenvalue weighted by Gasteiger charge is 2.35. The fourth-order valence-corrected chi connectivity index (χ4v) is 3.63. The van der Waals surface area contributed by atoms with Crippen LogP contribution in [0, 0.1) is 5.92 Å². The van der Waals surface area contributed by atoms with Crippen molar-refractivity contribution in [2.75, 3.05) is 26.4 Å². The lowest BCUT2D eigenvalue weighted by Gasteiger charge is -2.21. The number of hydrogen-bond acceptors (Lipinski definition) is 6. The summed E-state index contributed by atoms with van der Waals surface area (Å²) >= 11 is 0. The summed E-state index contributed by atoms with van der Waals surface area (Å²) in [4.78, 5) is 27.6. The van der Waals surface area contributed by atoms with Gasteiger partial charge in [-0.2, -0.15) is 0 Å². The molecule has 0 heterocycles. The fourth-order valence-electron chi connectivity index (χ4n) is 3.63. The Morgan fingerprint density at radius 2 is 0.938 bits per heavy atom. The summed E-state index contributed by atoms with van der Waals surface area (Å²) < 4.78 is 22.9. The zero-order valence-corrected chi connectivity index (χ0v) is 19.7. The average molecular weight is 443 g/mol. The molecule has 0 amide bonds. The van der Waals surface area contributed by atoms with Gasteiger partial charge in [-0.05, 0) is 58.4 Å². The molecule has 174 valence electrons. The van der Waals surface area contributed by atoms with E-state index < -0.39 is 5.92 Å². The number of rotatable bonds is 14. The Kier molecular flexibility index (Phi) is 10.1. The minimum atomic E-state index is -0.915. The molecule has 6 heteroatoms. The summed E-state index contributed by atoms with van der Waals surface area (Å²) in [7, 11) is 0. The molecule has 0 fully saturated rings. The van der Waals surface area contributed by atoms with E-state index in [0.717, 1.165) is 0 Å². The Morgan fingerprint density at radius 3 is 1.19 bits per heavy atom. The molecule has 2 rings (SSSR count). The molecule has 0 saturated heterocycles. The molecule has 0 spiro atoms. The van der Waals surface area contributed by atoms with Gasteiger partial charge in [0.05, 0.1) is 32.3 Å². The van der Waals surface area contributed by atoms with E-state index in [-0.39, 0.29) is 11.6 Å². The van der Waals surface area contributed by atoms with E-state index in [4.69, 9.17) is 18.9 Å². The van der Waals surface area contributed by atoms with Crippen LogP contribution in [0.15, 0.2) is 36.4 Å². The minimum absolute atomic E-state index is 0.301. The topological polar surface area (TPSA) is 71.1 Å². The summed E-state index contributed by atoms with van der Waals surface area (Å²) in [6.07, 6.45) is 1.04. The highest BCUT2D eigenvalue weighted by atomic mass is 16.5. The van der Waals surface area contributed by atoms with Crippen LogP contribution >= 0.6 is 0 Å². The van der Waals surface area contributed by atoms with Gasteiger partial charge in [0.25, 0.3) is 0 Å². The smallest absolute Gasteiger partial charge is 0.181 e. The molecule has 2 aromatic carbocycles. The molecule has 0 saturated carbocycles. The zero-order chi connectivity index (χ0) is 23.5. The Labute approximate surface area is 190 Å². The van der Waals surface area contributed by atoms with Crippen LogP contribution in [0.25, 0.3) is 0 Å². The first-order valence-electron chi connectivity index (χ1n) is 11.4. The third-order valence-corrected chi connectivity index (χ3v) is 4.88. The van der Waals surface area contributed by atoms with Gasteiger partial charge in [0.1, 0.15) is 34.1 Å². The van der Waals surface area contributed by atoms with E-state index in [2.05, 4.69) is 0 Å². The van der Waals surface area contributed by atoms with Gasteiger partial charge in [0.15, 0.2) is 11.6 Å². The molecule has 0 unspecified atom stereocenters. The number of carbonyl (C=O) groups excluding carboxylic acids is 2. The molecule has 6 nitrogen and oxygen atoms in total. The molecule has 0 aromatic heterocycles. The standard InChI is InChI=1S/C26H34O6/c1-6-13-18(25(27)23-19(29-7-2)14-11-15-20(23)30-8-3)26(28)24-21(31-9-4)16-12-17-22(24)32-10-5/h11-12,14-18H,6-10,13H2,1-5H3. The van der Waals surface area contributed by atoms with Crippen LogP contribution in [-0.2, 0) is 0 Å². The minimum Gasteiger partial charge on any atom is -0.493 e. The SMILES string of the molecule is CCCC(C(=O)c1c(OCC)cccc1OCC)C(=O)c1c(OCC)cccc1OCC. The largest absolute Gasteiger partial charge is 0.493 e. The van der Waals surface area contributed by atoms with E-state index in [0.29, 0.717) is 73.4 Å². The van der Waals surface area contributed by atoms with Gasteiger partial charge in [0.2, 0.25) is 0 Å². The van der Waals surface area contributed by atoms with E-state index >= 15 is 0 Å². The van der Waals surface area contributed by atoms with Crippen LogP contribution in [0.3, 0.4) is 0 Å². The number of carbonyl (C=O) groups is 2. The van der Waals surface area contributed by atoms with Gasteiger partial charge < -0.3 is 18.9 Å². The van der Waals surface area contributed by atoms with Gasteiger partial charge in [-0.3, -0.25) is 9.59 Å². The van der Waals surface area contributed by atoms with Crippen molar-refractivity contribution in [1.82, 2.24) is 0 Å². The fraction of sp³-hybridized carbons (Fsp3) is 0.462. The zero-order valence-electron chi connectivity index (χ0n) is 19.7. The lowest BCUT2D eigenvalue weighted by molar-refractivity contribution is 0.0790. The van der Waals surface area contributed by atoms with Crippen molar-refractivity contribution in [2.24, 2.45) is 5.92 Å². The van der Waals surface area contributed by atoms with Crippen molar-refractivity contribution in [3.05, 3.63) is 47.5 Å². The van der Waals surface area contributed by atoms with Gasteiger partial charge in [-0.15, -0.1) is 0 Å². The third-order valence-electron chi connectivity index (χ3n) is 4.88. The van der Waals surface area contributed by atoms with Gasteiger partial charge in [-0.25, -0.2) is 0 Å². The molecule has 0 N–H and O–H groups in total. The molecule has 0 atom stereocenters.